The van der Waals surface area contributed by atoms with E-state index in [1.54, 1.807) is 0 Å². The van der Waals surface area contributed by atoms with Gasteiger partial charge in [0, 0.05) is 6.54 Å². The van der Waals surface area contributed by atoms with Gasteiger partial charge in [-0.3, -0.25) is 0 Å². The Balaban J connectivity index is 1.79. The molecule has 2 aromatic rings. The van der Waals surface area contributed by atoms with Crippen LogP contribution in [0.4, 0.5) is 5.13 Å². The fraction of sp³-hybridized carbons (Fsp3) is 0.308. The maximum absolute atomic E-state index is 11.3. The average molecular weight is 325 g/mol. The summed E-state index contributed by atoms with van der Waals surface area (Å²) in [6.45, 7) is 1.90. The predicted octanol–water partition coefficient (Wildman–Crippen LogP) is 1.37. The Kier molecular flexibility index (Phi) is 3.94. The average Bonchev–Trinajstić information content (AvgIpc) is 2.98. The van der Waals surface area contributed by atoms with Crippen LogP contribution in [0.2, 0.25) is 0 Å². The fourth-order valence-electron chi connectivity index (χ4n) is 2.22. The van der Waals surface area contributed by atoms with Crippen LogP contribution in [0.15, 0.2) is 40.7 Å². The van der Waals surface area contributed by atoms with Gasteiger partial charge in [-0.1, -0.05) is 41.7 Å². The summed E-state index contributed by atoms with van der Waals surface area (Å²) in [5.41, 5.74) is 1.10. The summed E-state index contributed by atoms with van der Waals surface area (Å²) in [7, 11) is -3.69. The van der Waals surface area contributed by atoms with Gasteiger partial charge in [0.25, 0.3) is 0 Å². The number of nitrogens with zero attached hydrogens (tertiary/aromatic N) is 2. The van der Waals surface area contributed by atoms with Crippen LogP contribution in [0.25, 0.3) is 0 Å². The van der Waals surface area contributed by atoms with Gasteiger partial charge in [-0.25, -0.2) is 18.5 Å². The number of primary sulfonamides is 1. The zero-order chi connectivity index (χ0) is 14.9. The van der Waals surface area contributed by atoms with E-state index in [0.29, 0.717) is 24.8 Å². The topological polar surface area (TPSA) is 85.5 Å². The monoisotopic (exact) mass is 325 g/mol. The van der Waals surface area contributed by atoms with Gasteiger partial charge in [-0.2, -0.15) is 0 Å². The maximum atomic E-state index is 11.3. The lowest BCUT2D eigenvalue weighted by atomic mass is 10.1. The van der Waals surface area contributed by atoms with E-state index in [2.05, 4.69) is 4.98 Å². The summed E-state index contributed by atoms with van der Waals surface area (Å²) in [5.74, 6) is 0. The van der Waals surface area contributed by atoms with E-state index < -0.39 is 10.0 Å². The number of thiazole rings is 1. The van der Waals surface area contributed by atoms with Crippen LogP contribution < -0.4 is 10.0 Å². The Morgan fingerprint density at radius 2 is 2.10 bits per heavy atom. The second-order valence-corrected chi connectivity index (χ2v) is 7.52. The molecule has 1 aliphatic rings. The van der Waals surface area contributed by atoms with Gasteiger partial charge in [0.1, 0.15) is 6.10 Å². The van der Waals surface area contributed by atoms with E-state index in [-0.39, 0.29) is 10.3 Å². The summed E-state index contributed by atoms with van der Waals surface area (Å²) in [6, 6.07) is 9.95. The molecule has 1 saturated heterocycles. The van der Waals surface area contributed by atoms with Crippen molar-refractivity contribution in [1.82, 2.24) is 4.98 Å². The lowest BCUT2D eigenvalue weighted by Crippen LogP contribution is -2.38. The van der Waals surface area contributed by atoms with Crippen molar-refractivity contribution < 1.29 is 13.2 Å². The second-order valence-electron chi connectivity index (χ2n) is 4.72. The molecule has 6 nitrogen and oxygen atoms in total. The van der Waals surface area contributed by atoms with E-state index in [1.165, 1.54) is 6.20 Å². The Morgan fingerprint density at radius 3 is 2.76 bits per heavy atom. The Morgan fingerprint density at radius 1 is 1.33 bits per heavy atom. The van der Waals surface area contributed by atoms with Crippen molar-refractivity contribution in [2.45, 2.75) is 10.3 Å². The molecule has 0 unspecified atom stereocenters. The number of nitrogens with two attached hydrogens (primary N) is 1. The molecule has 1 atom stereocenters. The molecule has 0 radical (unpaired) electrons. The van der Waals surface area contributed by atoms with Crippen molar-refractivity contribution in [2.75, 3.05) is 24.6 Å². The minimum Gasteiger partial charge on any atom is -0.370 e. The number of hydrogen-bond acceptors (Lipinski definition) is 6. The predicted molar refractivity (Wildman–Crippen MR) is 80.8 cm³/mol. The smallest absolute Gasteiger partial charge is 0.249 e. The van der Waals surface area contributed by atoms with Crippen LogP contribution >= 0.6 is 11.3 Å². The van der Waals surface area contributed by atoms with Crippen molar-refractivity contribution in [3.05, 3.63) is 42.1 Å². The third-order valence-electron chi connectivity index (χ3n) is 3.26. The second kappa shape index (κ2) is 5.72. The molecule has 0 saturated carbocycles. The highest BCUT2D eigenvalue weighted by atomic mass is 32.2. The molecule has 2 N–H and O–H groups in total. The molecular weight excluding hydrogens is 310 g/mol. The molecule has 1 aromatic carbocycles. The van der Waals surface area contributed by atoms with Gasteiger partial charge in [0.2, 0.25) is 10.0 Å². The lowest BCUT2D eigenvalue weighted by Gasteiger charge is -2.32. The minimum atomic E-state index is -3.69. The van der Waals surface area contributed by atoms with Crippen LogP contribution in [0.3, 0.4) is 0 Å². The van der Waals surface area contributed by atoms with Gasteiger partial charge < -0.3 is 9.64 Å². The quantitative estimate of drug-likeness (QED) is 0.921. The van der Waals surface area contributed by atoms with Gasteiger partial charge >= 0.3 is 0 Å². The summed E-state index contributed by atoms with van der Waals surface area (Å²) in [4.78, 5) is 6.19. The number of aromatic nitrogens is 1. The summed E-state index contributed by atoms with van der Waals surface area (Å²) in [6.07, 6.45) is 1.27. The molecule has 21 heavy (non-hydrogen) atoms. The zero-order valence-electron chi connectivity index (χ0n) is 11.2. The molecule has 0 bridgehead atoms. The van der Waals surface area contributed by atoms with Gasteiger partial charge in [0.15, 0.2) is 9.34 Å². The van der Waals surface area contributed by atoms with Gasteiger partial charge in [-0.05, 0) is 5.56 Å². The number of rotatable bonds is 3. The Hall–Kier alpha value is -1.48. The largest absolute Gasteiger partial charge is 0.370 e. The van der Waals surface area contributed by atoms with Crippen LogP contribution in [0, 0.1) is 0 Å². The molecule has 0 aliphatic carbocycles. The van der Waals surface area contributed by atoms with Crippen LogP contribution in [0.5, 0.6) is 0 Å². The molecule has 0 amide bonds. The molecule has 112 valence electrons. The summed E-state index contributed by atoms with van der Waals surface area (Å²) < 4.78 is 28.5. The van der Waals surface area contributed by atoms with Gasteiger partial charge in [-0.15, -0.1) is 0 Å². The molecule has 2 heterocycles. The first-order valence-electron chi connectivity index (χ1n) is 6.44. The third kappa shape index (κ3) is 3.24. The zero-order valence-corrected chi connectivity index (χ0v) is 12.8. The highest BCUT2D eigenvalue weighted by Crippen LogP contribution is 2.30. The van der Waals surface area contributed by atoms with Crippen molar-refractivity contribution >= 4 is 26.5 Å². The van der Waals surface area contributed by atoms with Gasteiger partial charge in [0.05, 0.1) is 19.3 Å². The van der Waals surface area contributed by atoms with Crippen molar-refractivity contribution in [3.8, 4) is 0 Å². The Labute approximate surface area is 127 Å². The number of sulfonamides is 1. The fourth-order valence-corrected chi connectivity index (χ4v) is 3.79. The highest BCUT2D eigenvalue weighted by molar-refractivity contribution is 7.91. The van der Waals surface area contributed by atoms with E-state index >= 15 is 0 Å². The molecular formula is C13H15N3O3S2. The van der Waals surface area contributed by atoms with Crippen molar-refractivity contribution in [1.29, 1.82) is 0 Å². The van der Waals surface area contributed by atoms with Crippen molar-refractivity contribution in [2.24, 2.45) is 5.14 Å². The Bertz CT molecular complexity index is 715. The van der Waals surface area contributed by atoms with E-state index in [4.69, 9.17) is 9.88 Å². The molecule has 0 spiro atoms. The van der Waals surface area contributed by atoms with E-state index in [9.17, 15) is 8.42 Å². The van der Waals surface area contributed by atoms with E-state index in [1.807, 2.05) is 35.2 Å². The number of morpholine rings is 1. The van der Waals surface area contributed by atoms with E-state index in [0.717, 1.165) is 16.9 Å². The normalized spacial score (nSPS) is 19.7. The SMILES string of the molecule is NS(=O)(=O)c1cnc(N2CCO[C@@H](c3ccccc3)C2)s1. The number of benzene rings is 1. The molecule has 8 heteroatoms. The standard InChI is InChI=1S/C13H15N3O3S2/c14-21(17,18)12-8-15-13(20-12)16-6-7-19-11(9-16)10-4-2-1-3-5-10/h1-5,8,11H,6-7,9H2,(H2,14,17,18)/t11-/m1/s1. The number of anilines is 1. The van der Waals surface area contributed by atoms with Crippen LogP contribution in [-0.4, -0.2) is 33.1 Å². The molecule has 1 aliphatic heterocycles. The van der Waals surface area contributed by atoms with Crippen LogP contribution in [-0.2, 0) is 14.8 Å². The minimum absolute atomic E-state index is 0.0400. The number of hydrogen-bond donors (Lipinski definition) is 1. The third-order valence-corrected chi connectivity index (χ3v) is 5.73. The molecule has 3 rings (SSSR count). The number of ether oxygens (including phenoxy) is 1. The highest BCUT2D eigenvalue weighted by Gasteiger charge is 2.25. The first kappa shape index (κ1) is 14.5. The first-order chi connectivity index (χ1) is 10.0. The molecule has 1 aromatic heterocycles. The summed E-state index contributed by atoms with van der Waals surface area (Å²) >= 11 is 1.09. The van der Waals surface area contributed by atoms with Crippen molar-refractivity contribution in [3.63, 3.8) is 0 Å². The first-order valence-corrected chi connectivity index (χ1v) is 8.80. The lowest BCUT2D eigenvalue weighted by molar-refractivity contribution is 0.0398. The maximum Gasteiger partial charge on any atom is 0.249 e. The molecule has 1 fully saturated rings. The van der Waals surface area contributed by atoms with Crippen LogP contribution in [0.1, 0.15) is 11.7 Å². The summed E-state index contributed by atoms with van der Waals surface area (Å²) in [5, 5.41) is 5.77.